The molecule has 0 bridgehead atoms. The van der Waals surface area contributed by atoms with Crippen LogP contribution in [-0.4, -0.2) is 29.9 Å². The molecule has 1 amide bonds. The zero-order valence-corrected chi connectivity index (χ0v) is 12.2. The number of nitrogens with two attached hydrogens (primary N) is 1. The Balaban J connectivity index is 3.20. The average molecular weight is 276 g/mol. The van der Waals surface area contributed by atoms with E-state index in [1.807, 2.05) is 20.8 Å². The summed E-state index contributed by atoms with van der Waals surface area (Å²) in [7, 11) is 0. The van der Waals surface area contributed by atoms with Crippen LogP contribution < -0.4 is 5.73 Å². The van der Waals surface area contributed by atoms with Crippen molar-refractivity contribution >= 4 is 5.91 Å². The Morgan fingerprint density at radius 3 is 2.70 bits per heavy atom. The lowest BCUT2D eigenvalue weighted by Crippen LogP contribution is -2.37. The molecule has 0 aliphatic heterocycles. The number of hydrogen-bond acceptors (Lipinski definition) is 2. The minimum absolute atomic E-state index is 0.0859. The van der Waals surface area contributed by atoms with Crippen molar-refractivity contribution in [3.63, 3.8) is 0 Å². The van der Waals surface area contributed by atoms with Crippen molar-refractivity contribution in [2.75, 3.05) is 13.1 Å². The number of nitrogens with zero attached hydrogens (tertiary/aromatic N) is 1. The molecule has 0 aromatic heterocycles. The van der Waals surface area contributed by atoms with E-state index in [2.05, 4.69) is 11.8 Å². The second-order valence-electron chi connectivity index (χ2n) is 4.79. The fraction of sp³-hybridized carbons (Fsp3) is 0.438. The van der Waals surface area contributed by atoms with Gasteiger partial charge in [0.05, 0.1) is 12.1 Å². The molecule has 1 aromatic carbocycles. The highest BCUT2D eigenvalue weighted by atomic mass is 19.1. The Labute approximate surface area is 120 Å². The molecule has 0 radical (unpaired) electrons. The normalized spacial score (nSPS) is 10.1. The monoisotopic (exact) mass is 276 g/mol. The zero-order valence-electron chi connectivity index (χ0n) is 12.2. The first-order valence-corrected chi connectivity index (χ1v) is 6.80. The SMILES string of the molecule is CCCN(C(=O)c1ccc(F)cc1C#CCN)C(C)C. The van der Waals surface area contributed by atoms with Crippen molar-refractivity contribution in [1.29, 1.82) is 0 Å². The maximum Gasteiger partial charge on any atom is 0.255 e. The molecule has 0 heterocycles. The number of carbonyl (C=O) groups is 1. The Hall–Kier alpha value is -1.86. The summed E-state index contributed by atoms with van der Waals surface area (Å²) in [6, 6.07) is 4.14. The summed E-state index contributed by atoms with van der Waals surface area (Å²) in [5.41, 5.74) is 6.15. The summed E-state index contributed by atoms with van der Waals surface area (Å²) in [5, 5.41) is 0. The van der Waals surface area contributed by atoms with Crippen LogP contribution in [0.25, 0.3) is 0 Å². The van der Waals surface area contributed by atoms with Gasteiger partial charge in [-0.25, -0.2) is 4.39 Å². The van der Waals surface area contributed by atoms with Crippen LogP contribution in [0.5, 0.6) is 0 Å². The Kier molecular flexibility index (Phi) is 6.20. The van der Waals surface area contributed by atoms with Crippen LogP contribution in [0.3, 0.4) is 0 Å². The van der Waals surface area contributed by atoms with E-state index in [1.165, 1.54) is 18.2 Å². The minimum Gasteiger partial charge on any atom is -0.336 e. The molecule has 0 unspecified atom stereocenters. The van der Waals surface area contributed by atoms with Gasteiger partial charge in [-0.05, 0) is 38.5 Å². The van der Waals surface area contributed by atoms with Crippen molar-refractivity contribution in [2.45, 2.75) is 33.2 Å². The lowest BCUT2D eigenvalue weighted by atomic mass is 10.1. The quantitative estimate of drug-likeness (QED) is 0.858. The summed E-state index contributed by atoms with van der Waals surface area (Å²) in [4.78, 5) is 14.3. The van der Waals surface area contributed by atoms with Crippen LogP contribution in [0.2, 0.25) is 0 Å². The second kappa shape index (κ2) is 7.66. The number of halogens is 1. The van der Waals surface area contributed by atoms with Crippen molar-refractivity contribution in [3.05, 3.63) is 35.1 Å². The van der Waals surface area contributed by atoms with Crippen LogP contribution in [0.15, 0.2) is 18.2 Å². The van der Waals surface area contributed by atoms with E-state index in [0.29, 0.717) is 17.7 Å². The Bertz CT molecular complexity index is 529. The summed E-state index contributed by atoms with van der Waals surface area (Å²) >= 11 is 0. The third-order valence-electron chi connectivity index (χ3n) is 2.89. The molecule has 108 valence electrons. The molecule has 0 fully saturated rings. The zero-order chi connectivity index (χ0) is 15.1. The molecule has 0 aliphatic rings. The van der Waals surface area contributed by atoms with E-state index in [9.17, 15) is 9.18 Å². The molecule has 0 saturated carbocycles. The van der Waals surface area contributed by atoms with Gasteiger partial charge in [-0.2, -0.15) is 0 Å². The first-order valence-electron chi connectivity index (χ1n) is 6.80. The van der Waals surface area contributed by atoms with E-state index in [1.54, 1.807) is 4.90 Å². The Morgan fingerprint density at radius 1 is 1.45 bits per heavy atom. The van der Waals surface area contributed by atoms with Gasteiger partial charge in [0.25, 0.3) is 5.91 Å². The standard InChI is InChI=1S/C16H21FN2O/c1-4-10-19(12(2)3)16(20)15-8-7-14(17)11-13(15)6-5-9-18/h7-8,11-12H,4,9-10,18H2,1-3H3. The van der Waals surface area contributed by atoms with E-state index >= 15 is 0 Å². The van der Waals surface area contributed by atoms with E-state index in [0.717, 1.165) is 6.42 Å². The van der Waals surface area contributed by atoms with Crippen molar-refractivity contribution < 1.29 is 9.18 Å². The number of rotatable bonds is 4. The molecule has 0 aliphatic carbocycles. The third-order valence-corrected chi connectivity index (χ3v) is 2.89. The van der Waals surface area contributed by atoms with Crippen LogP contribution in [0.1, 0.15) is 43.1 Å². The van der Waals surface area contributed by atoms with Crippen LogP contribution in [0, 0.1) is 17.7 Å². The molecule has 0 spiro atoms. The smallest absolute Gasteiger partial charge is 0.255 e. The first-order chi connectivity index (χ1) is 9.51. The minimum atomic E-state index is -0.408. The van der Waals surface area contributed by atoms with Crippen LogP contribution in [-0.2, 0) is 0 Å². The fourth-order valence-electron chi connectivity index (χ4n) is 1.94. The van der Waals surface area contributed by atoms with Gasteiger partial charge in [-0.15, -0.1) is 0 Å². The highest BCUT2D eigenvalue weighted by Gasteiger charge is 2.20. The first kappa shape index (κ1) is 16.2. The lowest BCUT2D eigenvalue weighted by Gasteiger charge is -2.26. The predicted octanol–water partition coefficient (Wildman–Crippen LogP) is 2.40. The Morgan fingerprint density at radius 2 is 2.15 bits per heavy atom. The molecule has 1 rings (SSSR count). The second-order valence-corrected chi connectivity index (χ2v) is 4.79. The summed E-state index contributed by atoms with van der Waals surface area (Å²) in [6.45, 7) is 6.78. The lowest BCUT2D eigenvalue weighted by molar-refractivity contribution is 0.0705. The predicted molar refractivity (Wildman–Crippen MR) is 78.8 cm³/mol. The van der Waals surface area contributed by atoms with Gasteiger partial charge >= 0.3 is 0 Å². The molecule has 1 aromatic rings. The molecular weight excluding hydrogens is 255 g/mol. The van der Waals surface area contributed by atoms with E-state index < -0.39 is 5.82 Å². The molecule has 20 heavy (non-hydrogen) atoms. The number of carbonyl (C=O) groups excluding carboxylic acids is 1. The highest BCUT2D eigenvalue weighted by Crippen LogP contribution is 2.15. The van der Waals surface area contributed by atoms with Crippen molar-refractivity contribution in [2.24, 2.45) is 5.73 Å². The van der Waals surface area contributed by atoms with Gasteiger partial charge in [0.1, 0.15) is 5.82 Å². The molecule has 3 nitrogen and oxygen atoms in total. The molecule has 0 atom stereocenters. The molecule has 4 heteroatoms. The summed E-state index contributed by atoms with van der Waals surface area (Å²) in [5.74, 6) is 4.91. The van der Waals surface area contributed by atoms with Gasteiger partial charge in [0.2, 0.25) is 0 Å². The fourth-order valence-corrected chi connectivity index (χ4v) is 1.94. The number of benzene rings is 1. The third kappa shape index (κ3) is 4.07. The maximum atomic E-state index is 13.3. The summed E-state index contributed by atoms with van der Waals surface area (Å²) < 4.78 is 13.3. The van der Waals surface area contributed by atoms with Gasteiger partial charge < -0.3 is 10.6 Å². The summed E-state index contributed by atoms with van der Waals surface area (Å²) in [6.07, 6.45) is 0.870. The van der Waals surface area contributed by atoms with Gasteiger partial charge in [0, 0.05) is 18.2 Å². The van der Waals surface area contributed by atoms with Crippen molar-refractivity contribution in [1.82, 2.24) is 4.90 Å². The number of amides is 1. The van der Waals surface area contributed by atoms with Crippen LogP contribution >= 0.6 is 0 Å². The maximum absolute atomic E-state index is 13.3. The molecule has 0 saturated heterocycles. The van der Waals surface area contributed by atoms with Gasteiger partial charge in [-0.1, -0.05) is 18.8 Å². The highest BCUT2D eigenvalue weighted by molar-refractivity contribution is 5.97. The molecular formula is C16H21FN2O. The topological polar surface area (TPSA) is 46.3 Å². The van der Waals surface area contributed by atoms with Crippen molar-refractivity contribution in [3.8, 4) is 11.8 Å². The van der Waals surface area contributed by atoms with E-state index in [-0.39, 0.29) is 18.5 Å². The molecule has 2 N–H and O–H groups in total. The average Bonchev–Trinajstić information content (AvgIpc) is 2.41. The van der Waals surface area contributed by atoms with Gasteiger partial charge in [0.15, 0.2) is 0 Å². The van der Waals surface area contributed by atoms with Crippen LogP contribution in [0.4, 0.5) is 4.39 Å². The van der Waals surface area contributed by atoms with E-state index in [4.69, 9.17) is 5.73 Å². The largest absolute Gasteiger partial charge is 0.336 e. The number of hydrogen-bond donors (Lipinski definition) is 1. The van der Waals surface area contributed by atoms with Gasteiger partial charge in [-0.3, -0.25) is 4.79 Å².